The fraction of sp³-hybridized carbons (Fsp3) is 0.500. The zero-order valence-electron chi connectivity index (χ0n) is 12.0. The third kappa shape index (κ3) is 4.70. The summed E-state index contributed by atoms with van der Waals surface area (Å²) in [5.74, 6) is -1.85. The summed E-state index contributed by atoms with van der Waals surface area (Å²) in [6.45, 7) is 1.83. The van der Waals surface area contributed by atoms with E-state index in [-0.39, 0.29) is 18.6 Å². The van der Waals surface area contributed by atoms with Gasteiger partial charge < -0.3 is 9.64 Å². The SMILES string of the molecule is CCOC(=O)CC(c1ccc(F)c(C(F)(F)F)c1)N(C)C. The largest absolute Gasteiger partial charge is 0.466 e. The van der Waals surface area contributed by atoms with Crippen LogP contribution < -0.4 is 0 Å². The van der Waals surface area contributed by atoms with Crippen LogP contribution in [0.3, 0.4) is 0 Å². The third-order valence-electron chi connectivity index (χ3n) is 2.97. The highest BCUT2D eigenvalue weighted by Gasteiger charge is 2.35. The van der Waals surface area contributed by atoms with E-state index in [1.54, 1.807) is 25.9 Å². The summed E-state index contributed by atoms with van der Waals surface area (Å²) in [6.07, 6.45) is -4.88. The fourth-order valence-electron chi connectivity index (χ4n) is 1.94. The lowest BCUT2D eigenvalue weighted by Crippen LogP contribution is -2.24. The molecule has 1 rings (SSSR count). The number of ether oxygens (including phenoxy) is 1. The Labute approximate surface area is 120 Å². The molecule has 0 aliphatic heterocycles. The van der Waals surface area contributed by atoms with Gasteiger partial charge in [-0.3, -0.25) is 4.79 Å². The quantitative estimate of drug-likeness (QED) is 0.617. The Bertz CT molecular complexity index is 500. The Morgan fingerprint density at radius 1 is 1.33 bits per heavy atom. The summed E-state index contributed by atoms with van der Waals surface area (Å²) in [6, 6.07) is 2.12. The third-order valence-corrected chi connectivity index (χ3v) is 2.97. The minimum atomic E-state index is -4.78. The van der Waals surface area contributed by atoms with E-state index in [0.29, 0.717) is 0 Å². The summed E-state index contributed by atoms with van der Waals surface area (Å²) in [5.41, 5.74) is -1.13. The topological polar surface area (TPSA) is 29.5 Å². The lowest BCUT2D eigenvalue weighted by Gasteiger charge is -2.24. The van der Waals surface area contributed by atoms with Gasteiger partial charge in [0, 0.05) is 6.04 Å². The number of esters is 1. The predicted molar refractivity (Wildman–Crippen MR) is 69.1 cm³/mol. The second-order valence-electron chi connectivity index (χ2n) is 4.73. The zero-order chi connectivity index (χ0) is 16.2. The Morgan fingerprint density at radius 2 is 1.95 bits per heavy atom. The summed E-state index contributed by atoms with van der Waals surface area (Å²) in [7, 11) is 3.25. The molecule has 118 valence electrons. The van der Waals surface area contributed by atoms with E-state index in [1.165, 1.54) is 6.07 Å². The molecule has 0 fully saturated rings. The van der Waals surface area contributed by atoms with Crippen LogP contribution in [0.5, 0.6) is 0 Å². The average Bonchev–Trinajstić information content (AvgIpc) is 2.35. The van der Waals surface area contributed by atoms with Crippen LogP contribution >= 0.6 is 0 Å². The molecule has 0 saturated heterocycles. The van der Waals surface area contributed by atoms with Crippen molar-refractivity contribution in [3.05, 3.63) is 35.1 Å². The van der Waals surface area contributed by atoms with Gasteiger partial charge in [0.2, 0.25) is 0 Å². The molecule has 21 heavy (non-hydrogen) atoms. The molecule has 1 aromatic rings. The van der Waals surface area contributed by atoms with Crippen molar-refractivity contribution in [3.8, 4) is 0 Å². The van der Waals surface area contributed by atoms with Gasteiger partial charge in [-0.05, 0) is 38.7 Å². The molecule has 0 saturated carbocycles. The Morgan fingerprint density at radius 3 is 2.43 bits per heavy atom. The molecular weight excluding hydrogens is 290 g/mol. The molecule has 0 radical (unpaired) electrons. The van der Waals surface area contributed by atoms with Gasteiger partial charge in [-0.2, -0.15) is 13.2 Å². The molecule has 0 amide bonds. The van der Waals surface area contributed by atoms with Crippen molar-refractivity contribution in [1.82, 2.24) is 4.90 Å². The molecule has 1 aromatic carbocycles. The number of alkyl halides is 3. The van der Waals surface area contributed by atoms with Gasteiger partial charge in [-0.1, -0.05) is 6.07 Å². The van der Waals surface area contributed by atoms with Crippen molar-refractivity contribution in [2.45, 2.75) is 25.6 Å². The lowest BCUT2D eigenvalue weighted by atomic mass is 10.00. The molecule has 0 heterocycles. The Balaban J connectivity index is 3.12. The standard InChI is InChI=1S/C14H17F4NO2/c1-4-21-13(20)8-12(19(2)3)9-5-6-11(15)10(7-9)14(16,17)18/h5-7,12H,4,8H2,1-3H3. The number of rotatable bonds is 5. The minimum Gasteiger partial charge on any atom is -0.466 e. The van der Waals surface area contributed by atoms with Gasteiger partial charge in [0.15, 0.2) is 0 Å². The highest BCUT2D eigenvalue weighted by molar-refractivity contribution is 5.70. The van der Waals surface area contributed by atoms with E-state index in [0.717, 1.165) is 12.1 Å². The van der Waals surface area contributed by atoms with Crippen LogP contribution in [0.2, 0.25) is 0 Å². The zero-order valence-corrected chi connectivity index (χ0v) is 12.0. The molecule has 1 unspecified atom stereocenters. The maximum atomic E-state index is 13.3. The number of carbonyl (C=O) groups excluding carboxylic acids is 1. The summed E-state index contributed by atoms with van der Waals surface area (Å²) >= 11 is 0. The molecule has 3 nitrogen and oxygen atoms in total. The first kappa shape index (κ1) is 17.4. The maximum Gasteiger partial charge on any atom is 0.419 e. The molecule has 7 heteroatoms. The summed E-state index contributed by atoms with van der Waals surface area (Å²) < 4.78 is 56.3. The fourth-order valence-corrected chi connectivity index (χ4v) is 1.94. The minimum absolute atomic E-state index is 0.107. The molecule has 0 aliphatic rings. The Hall–Kier alpha value is -1.63. The van der Waals surface area contributed by atoms with E-state index in [4.69, 9.17) is 4.74 Å². The number of nitrogens with zero attached hydrogens (tertiary/aromatic N) is 1. The predicted octanol–water partition coefficient (Wildman–Crippen LogP) is 3.40. The molecule has 0 spiro atoms. The average molecular weight is 307 g/mol. The molecule has 0 N–H and O–H groups in total. The van der Waals surface area contributed by atoms with E-state index in [1.807, 2.05) is 0 Å². The van der Waals surface area contributed by atoms with Crippen LogP contribution in [-0.2, 0) is 15.7 Å². The van der Waals surface area contributed by atoms with Crippen LogP contribution in [0.4, 0.5) is 17.6 Å². The van der Waals surface area contributed by atoms with Gasteiger partial charge in [0.1, 0.15) is 5.82 Å². The van der Waals surface area contributed by atoms with Crippen LogP contribution in [0.1, 0.15) is 30.5 Å². The van der Waals surface area contributed by atoms with Crippen LogP contribution in [0, 0.1) is 5.82 Å². The van der Waals surface area contributed by atoms with Gasteiger partial charge in [0.25, 0.3) is 0 Å². The van der Waals surface area contributed by atoms with Gasteiger partial charge >= 0.3 is 12.1 Å². The molecule has 0 aromatic heterocycles. The number of benzene rings is 1. The Kier molecular flexibility index (Phi) is 5.71. The molecule has 0 aliphatic carbocycles. The number of hydrogen-bond acceptors (Lipinski definition) is 3. The summed E-state index contributed by atoms with van der Waals surface area (Å²) in [4.78, 5) is 13.1. The molecule has 1 atom stereocenters. The normalized spacial score (nSPS) is 13.3. The second-order valence-corrected chi connectivity index (χ2v) is 4.73. The van der Waals surface area contributed by atoms with Gasteiger partial charge in [-0.15, -0.1) is 0 Å². The number of carbonyl (C=O) groups is 1. The smallest absolute Gasteiger partial charge is 0.419 e. The first-order chi connectivity index (χ1) is 9.66. The molecule has 0 bridgehead atoms. The van der Waals surface area contributed by atoms with E-state index in [9.17, 15) is 22.4 Å². The van der Waals surface area contributed by atoms with Crippen molar-refractivity contribution < 1.29 is 27.1 Å². The monoisotopic (exact) mass is 307 g/mol. The van der Waals surface area contributed by atoms with Gasteiger partial charge in [-0.25, -0.2) is 4.39 Å². The van der Waals surface area contributed by atoms with E-state index < -0.39 is 29.6 Å². The van der Waals surface area contributed by atoms with Crippen LogP contribution in [-0.4, -0.2) is 31.6 Å². The van der Waals surface area contributed by atoms with Crippen LogP contribution in [0.25, 0.3) is 0 Å². The van der Waals surface area contributed by atoms with Crippen molar-refractivity contribution in [2.75, 3.05) is 20.7 Å². The van der Waals surface area contributed by atoms with Gasteiger partial charge in [0.05, 0.1) is 18.6 Å². The van der Waals surface area contributed by atoms with Crippen molar-refractivity contribution in [1.29, 1.82) is 0 Å². The highest BCUT2D eigenvalue weighted by atomic mass is 19.4. The maximum absolute atomic E-state index is 13.3. The van der Waals surface area contributed by atoms with E-state index in [2.05, 4.69) is 0 Å². The molecular formula is C14H17F4NO2. The number of halogens is 4. The number of hydrogen-bond donors (Lipinski definition) is 0. The first-order valence-electron chi connectivity index (χ1n) is 6.35. The van der Waals surface area contributed by atoms with Crippen molar-refractivity contribution >= 4 is 5.97 Å². The highest BCUT2D eigenvalue weighted by Crippen LogP contribution is 2.34. The lowest BCUT2D eigenvalue weighted by molar-refractivity contribution is -0.144. The van der Waals surface area contributed by atoms with Crippen molar-refractivity contribution in [2.24, 2.45) is 0 Å². The first-order valence-corrected chi connectivity index (χ1v) is 6.35. The van der Waals surface area contributed by atoms with Crippen molar-refractivity contribution in [3.63, 3.8) is 0 Å². The van der Waals surface area contributed by atoms with E-state index >= 15 is 0 Å². The summed E-state index contributed by atoms with van der Waals surface area (Å²) in [5, 5.41) is 0. The van der Waals surface area contributed by atoms with Crippen LogP contribution in [0.15, 0.2) is 18.2 Å². The second kappa shape index (κ2) is 6.89.